The maximum Gasteiger partial charge on any atom is 0.0233 e. The normalized spacial score (nSPS) is 11.4. The third kappa shape index (κ3) is 5.64. The van der Waals surface area contributed by atoms with Gasteiger partial charge in [0, 0.05) is 6.04 Å². The van der Waals surface area contributed by atoms with Crippen LogP contribution >= 0.6 is 11.8 Å². The minimum Gasteiger partial charge on any atom is -0.333 e. The number of rotatable bonds is 3. The summed E-state index contributed by atoms with van der Waals surface area (Å²) in [6.45, 7) is 2.06. The Labute approximate surface area is 85.2 Å². The van der Waals surface area contributed by atoms with Crippen LogP contribution in [0.2, 0.25) is 0 Å². The lowest BCUT2D eigenvalue weighted by Gasteiger charge is -2.07. The highest BCUT2D eigenvalue weighted by Crippen LogP contribution is 2.02. The Hall–Kier alpha value is -0.570. The first kappa shape index (κ1) is 12.4. The highest BCUT2D eigenvalue weighted by atomic mass is 35.5. The van der Waals surface area contributed by atoms with Crippen LogP contribution in [0, 0.1) is 0 Å². The third-order valence-corrected chi connectivity index (χ3v) is 1.94. The summed E-state index contributed by atoms with van der Waals surface area (Å²) < 4.78 is 0. The van der Waals surface area contributed by atoms with Crippen LogP contribution in [-0.4, -0.2) is 13.1 Å². The van der Waals surface area contributed by atoms with Crippen molar-refractivity contribution in [1.29, 1.82) is 0 Å². The molecule has 0 saturated heterocycles. The second-order valence-electron chi connectivity index (χ2n) is 2.70. The number of nitrogens with one attached hydrogen (secondary N) is 1. The van der Waals surface area contributed by atoms with Crippen molar-refractivity contribution in [2.75, 3.05) is 7.05 Å². The summed E-state index contributed by atoms with van der Waals surface area (Å²) in [6.07, 6.45) is 0.977. The highest BCUT2D eigenvalue weighted by molar-refractivity contribution is 6.13. The van der Waals surface area contributed by atoms with Gasteiger partial charge in [0.2, 0.25) is 0 Å². The standard InChI is InChI=1S/C9H12ClN.CH5N/c1-8(11-10)7-9-5-3-2-4-6-9;1-2/h2-6,8,11H,7H2,1H3;2H2,1H3. The van der Waals surface area contributed by atoms with Crippen molar-refractivity contribution < 1.29 is 0 Å². The average Bonchev–Trinajstić information content (AvgIpc) is 2.22. The first-order valence-electron chi connectivity index (χ1n) is 4.30. The molecule has 2 nitrogen and oxygen atoms in total. The zero-order chi connectivity index (χ0) is 10.1. The van der Waals surface area contributed by atoms with Gasteiger partial charge in [-0.25, -0.2) is 4.84 Å². The second-order valence-corrected chi connectivity index (χ2v) is 2.92. The molecule has 0 aromatic heterocycles. The van der Waals surface area contributed by atoms with Crippen LogP contribution in [0.1, 0.15) is 12.5 Å². The fraction of sp³-hybridized carbons (Fsp3) is 0.400. The van der Waals surface area contributed by atoms with E-state index in [0.29, 0.717) is 6.04 Å². The summed E-state index contributed by atoms with van der Waals surface area (Å²) in [6, 6.07) is 10.6. The summed E-state index contributed by atoms with van der Waals surface area (Å²) in [4.78, 5) is 2.69. The van der Waals surface area contributed by atoms with Gasteiger partial charge in [-0.15, -0.1) is 0 Å². The molecule has 1 aromatic carbocycles. The summed E-state index contributed by atoms with van der Waals surface area (Å²) >= 11 is 5.45. The van der Waals surface area contributed by atoms with Crippen molar-refractivity contribution in [2.24, 2.45) is 5.73 Å². The Morgan fingerprint density at radius 2 is 1.85 bits per heavy atom. The summed E-state index contributed by atoms with van der Waals surface area (Å²) in [5, 5.41) is 0. The van der Waals surface area contributed by atoms with Gasteiger partial charge in [-0.1, -0.05) is 30.3 Å². The quantitative estimate of drug-likeness (QED) is 0.732. The lowest BCUT2D eigenvalue weighted by atomic mass is 10.1. The zero-order valence-corrected chi connectivity index (χ0v) is 8.88. The molecule has 3 heteroatoms. The molecular formula is C10H17ClN2. The lowest BCUT2D eigenvalue weighted by Crippen LogP contribution is -2.18. The molecule has 0 aliphatic rings. The van der Waals surface area contributed by atoms with Gasteiger partial charge in [0.25, 0.3) is 0 Å². The van der Waals surface area contributed by atoms with Crippen LogP contribution in [0.3, 0.4) is 0 Å². The minimum absolute atomic E-state index is 0.332. The first-order chi connectivity index (χ1) is 6.33. The van der Waals surface area contributed by atoms with Crippen molar-refractivity contribution in [3.05, 3.63) is 35.9 Å². The molecule has 0 heterocycles. The predicted octanol–water partition coefficient (Wildman–Crippen LogP) is 1.94. The number of hydrogen-bond donors (Lipinski definition) is 2. The van der Waals surface area contributed by atoms with Crippen LogP contribution in [0.15, 0.2) is 30.3 Å². The number of halogens is 1. The van der Waals surface area contributed by atoms with Crippen LogP contribution in [0.25, 0.3) is 0 Å². The monoisotopic (exact) mass is 200 g/mol. The van der Waals surface area contributed by atoms with Crippen molar-refractivity contribution in [2.45, 2.75) is 19.4 Å². The van der Waals surface area contributed by atoms with Crippen LogP contribution in [-0.2, 0) is 6.42 Å². The van der Waals surface area contributed by atoms with Gasteiger partial charge in [0.05, 0.1) is 0 Å². The molecule has 74 valence electrons. The van der Waals surface area contributed by atoms with E-state index in [9.17, 15) is 0 Å². The van der Waals surface area contributed by atoms with Gasteiger partial charge in [0.1, 0.15) is 0 Å². The largest absolute Gasteiger partial charge is 0.333 e. The van der Waals surface area contributed by atoms with E-state index < -0.39 is 0 Å². The van der Waals surface area contributed by atoms with Gasteiger partial charge in [0.15, 0.2) is 0 Å². The first-order valence-corrected chi connectivity index (χ1v) is 4.68. The van der Waals surface area contributed by atoms with Gasteiger partial charge in [-0.3, -0.25) is 0 Å². The molecule has 0 spiro atoms. The fourth-order valence-electron chi connectivity index (χ4n) is 1.01. The lowest BCUT2D eigenvalue weighted by molar-refractivity contribution is 0.682. The van der Waals surface area contributed by atoms with Crippen molar-refractivity contribution in [1.82, 2.24) is 4.84 Å². The maximum absolute atomic E-state index is 5.45. The van der Waals surface area contributed by atoms with Crippen LogP contribution < -0.4 is 10.6 Å². The summed E-state index contributed by atoms with van der Waals surface area (Å²) in [5.74, 6) is 0. The SMILES string of the molecule is CC(Cc1ccccc1)NCl.CN. The average molecular weight is 201 g/mol. The Kier molecular flexibility index (Phi) is 7.69. The van der Waals surface area contributed by atoms with E-state index in [1.165, 1.54) is 12.6 Å². The predicted molar refractivity (Wildman–Crippen MR) is 58.7 cm³/mol. The smallest absolute Gasteiger partial charge is 0.0233 e. The van der Waals surface area contributed by atoms with Crippen molar-refractivity contribution in [3.8, 4) is 0 Å². The second kappa shape index (κ2) is 8.05. The minimum atomic E-state index is 0.332. The molecule has 0 radical (unpaired) electrons. The summed E-state index contributed by atoms with van der Waals surface area (Å²) in [5.41, 5.74) is 5.81. The molecular weight excluding hydrogens is 184 g/mol. The topological polar surface area (TPSA) is 38.0 Å². The Bertz CT molecular complexity index is 201. The van der Waals surface area contributed by atoms with E-state index in [1.807, 2.05) is 18.2 Å². The molecule has 1 rings (SSSR count). The van der Waals surface area contributed by atoms with Gasteiger partial charge >= 0.3 is 0 Å². The molecule has 1 aromatic rings. The van der Waals surface area contributed by atoms with E-state index in [0.717, 1.165) is 6.42 Å². The van der Waals surface area contributed by atoms with Crippen LogP contribution in [0.4, 0.5) is 0 Å². The van der Waals surface area contributed by atoms with Gasteiger partial charge in [-0.05, 0) is 37.7 Å². The van der Waals surface area contributed by atoms with E-state index in [-0.39, 0.29) is 0 Å². The fourth-order valence-corrected chi connectivity index (χ4v) is 1.08. The molecule has 0 aliphatic heterocycles. The highest BCUT2D eigenvalue weighted by Gasteiger charge is 1.99. The molecule has 0 bridgehead atoms. The molecule has 0 aliphatic carbocycles. The molecule has 3 N–H and O–H groups in total. The molecule has 0 fully saturated rings. The van der Waals surface area contributed by atoms with Gasteiger partial charge in [-0.2, -0.15) is 0 Å². The van der Waals surface area contributed by atoms with E-state index in [4.69, 9.17) is 11.8 Å². The van der Waals surface area contributed by atoms with E-state index in [1.54, 1.807) is 0 Å². The Morgan fingerprint density at radius 3 is 2.31 bits per heavy atom. The van der Waals surface area contributed by atoms with Crippen LogP contribution in [0.5, 0.6) is 0 Å². The third-order valence-electron chi connectivity index (χ3n) is 1.57. The molecule has 13 heavy (non-hydrogen) atoms. The zero-order valence-electron chi connectivity index (χ0n) is 8.13. The Morgan fingerprint density at radius 1 is 1.31 bits per heavy atom. The molecule has 0 saturated carbocycles. The molecule has 1 atom stereocenters. The molecule has 1 unspecified atom stereocenters. The molecule has 0 amide bonds. The Balaban J connectivity index is 0.000000671. The number of nitrogens with two attached hydrogens (primary N) is 1. The number of hydrogen-bond acceptors (Lipinski definition) is 2. The van der Waals surface area contributed by atoms with Gasteiger partial charge < -0.3 is 5.73 Å². The van der Waals surface area contributed by atoms with Crippen molar-refractivity contribution >= 4 is 11.8 Å². The summed E-state index contributed by atoms with van der Waals surface area (Å²) in [7, 11) is 1.50. The van der Waals surface area contributed by atoms with E-state index >= 15 is 0 Å². The van der Waals surface area contributed by atoms with Crippen molar-refractivity contribution in [3.63, 3.8) is 0 Å². The number of benzene rings is 1. The maximum atomic E-state index is 5.45. The van der Waals surface area contributed by atoms with E-state index in [2.05, 4.69) is 29.6 Å².